The second-order valence-electron chi connectivity index (χ2n) is 4.55. The Bertz CT molecular complexity index is 569. The Labute approximate surface area is 134 Å². The van der Waals surface area contributed by atoms with E-state index in [1.165, 1.54) is 10.5 Å². The Balaban J connectivity index is 2.21. The second-order valence-corrected chi connectivity index (χ2v) is 6.28. The molecule has 0 aliphatic heterocycles. The van der Waals surface area contributed by atoms with Gasteiger partial charge in [-0.2, -0.15) is 0 Å². The van der Waals surface area contributed by atoms with Crippen LogP contribution in [0.3, 0.4) is 0 Å². The summed E-state index contributed by atoms with van der Waals surface area (Å²) in [7, 11) is 1.96. The lowest BCUT2D eigenvalue weighted by Gasteiger charge is -2.18. The zero-order valence-electron chi connectivity index (χ0n) is 11.5. The molecule has 0 saturated heterocycles. The maximum absolute atomic E-state index is 6.24. The van der Waals surface area contributed by atoms with E-state index < -0.39 is 0 Å². The van der Waals surface area contributed by atoms with Gasteiger partial charge in [0.25, 0.3) is 0 Å². The molecule has 2 rings (SSSR count). The molecule has 0 aliphatic rings. The Morgan fingerprint density at radius 1 is 1.10 bits per heavy atom. The first-order valence-electron chi connectivity index (χ1n) is 6.39. The van der Waals surface area contributed by atoms with Gasteiger partial charge in [-0.25, -0.2) is 0 Å². The largest absolute Gasteiger partial charge is 0.313 e. The van der Waals surface area contributed by atoms with Crippen LogP contribution in [0.2, 0.25) is 10.0 Å². The normalized spacial score (nSPS) is 12.4. The molecule has 0 aromatic heterocycles. The molecule has 1 atom stereocenters. The van der Waals surface area contributed by atoms with E-state index in [0.29, 0.717) is 0 Å². The first-order chi connectivity index (χ1) is 9.63. The number of benzene rings is 2. The van der Waals surface area contributed by atoms with Gasteiger partial charge in [0, 0.05) is 21.0 Å². The third-order valence-corrected chi connectivity index (χ3v) is 4.65. The summed E-state index contributed by atoms with van der Waals surface area (Å²) < 4.78 is 0. The van der Waals surface area contributed by atoms with Crippen LogP contribution in [0, 0.1) is 0 Å². The lowest BCUT2D eigenvalue weighted by Crippen LogP contribution is -2.19. The number of likely N-dealkylation sites (N-methyl/N-ethyl adjacent to an activating group) is 1. The minimum absolute atomic E-state index is 0.224. The molecular formula is C16H17Cl2NS. The molecule has 2 aromatic carbocycles. The smallest absolute Gasteiger partial charge is 0.0439 e. The zero-order valence-corrected chi connectivity index (χ0v) is 13.8. The fraction of sp³-hybridized carbons (Fsp3) is 0.250. The van der Waals surface area contributed by atoms with Crippen LogP contribution < -0.4 is 5.32 Å². The minimum atomic E-state index is 0.224. The summed E-state index contributed by atoms with van der Waals surface area (Å²) in [6, 6.07) is 14.4. The van der Waals surface area contributed by atoms with E-state index in [4.69, 9.17) is 23.2 Å². The Hall–Kier alpha value is -0.670. The fourth-order valence-electron chi connectivity index (χ4n) is 2.14. The summed E-state index contributed by atoms with van der Waals surface area (Å²) in [5.41, 5.74) is 2.31. The monoisotopic (exact) mass is 325 g/mol. The molecule has 2 aromatic rings. The maximum atomic E-state index is 6.24. The fourth-order valence-corrected chi connectivity index (χ4v) is 2.94. The van der Waals surface area contributed by atoms with Crippen LogP contribution in [-0.2, 0) is 6.42 Å². The molecule has 4 heteroatoms. The van der Waals surface area contributed by atoms with Crippen molar-refractivity contribution in [1.29, 1.82) is 0 Å². The third-order valence-electron chi connectivity index (χ3n) is 3.30. The standard InChI is InChI=1S/C16H17Cl2NS/c1-19-16(11-3-6-14(20-2)7-4-11)10-12-9-13(17)5-8-15(12)18/h3-9,16,19H,10H2,1-2H3. The Morgan fingerprint density at radius 3 is 2.40 bits per heavy atom. The van der Waals surface area contributed by atoms with E-state index in [1.54, 1.807) is 11.8 Å². The molecule has 0 bridgehead atoms. The van der Waals surface area contributed by atoms with Gasteiger partial charge in [-0.1, -0.05) is 35.3 Å². The van der Waals surface area contributed by atoms with Crippen molar-refractivity contribution < 1.29 is 0 Å². The van der Waals surface area contributed by atoms with Gasteiger partial charge in [0.05, 0.1) is 0 Å². The number of hydrogen-bond donors (Lipinski definition) is 1. The Morgan fingerprint density at radius 2 is 1.80 bits per heavy atom. The van der Waals surface area contributed by atoms with Crippen LogP contribution in [-0.4, -0.2) is 13.3 Å². The van der Waals surface area contributed by atoms with Gasteiger partial charge in [-0.05, 0) is 61.2 Å². The lowest BCUT2D eigenvalue weighted by molar-refractivity contribution is 0.592. The number of halogens is 2. The van der Waals surface area contributed by atoms with Gasteiger partial charge in [-0.3, -0.25) is 0 Å². The van der Waals surface area contributed by atoms with Gasteiger partial charge < -0.3 is 5.32 Å². The average Bonchev–Trinajstić information content (AvgIpc) is 2.48. The highest BCUT2D eigenvalue weighted by Gasteiger charge is 2.12. The molecule has 0 aliphatic carbocycles. The quantitative estimate of drug-likeness (QED) is 0.756. The van der Waals surface area contributed by atoms with Gasteiger partial charge in [0.2, 0.25) is 0 Å². The molecule has 1 nitrogen and oxygen atoms in total. The van der Waals surface area contributed by atoms with Crippen LogP contribution in [0.1, 0.15) is 17.2 Å². The van der Waals surface area contributed by atoms with Crippen molar-refractivity contribution >= 4 is 35.0 Å². The Kier molecular flexibility index (Phi) is 5.79. The van der Waals surface area contributed by atoms with E-state index >= 15 is 0 Å². The van der Waals surface area contributed by atoms with Gasteiger partial charge in [-0.15, -0.1) is 11.8 Å². The lowest BCUT2D eigenvalue weighted by atomic mass is 9.99. The molecular weight excluding hydrogens is 309 g/mol. The summed E-state index contributed by atoms with van der Waals surface area (Å²) in [5.74, 6) is 0. The molecule has 106 valence electrons. The predicted molar refractivity (Wildman–Crippen MR) is 90.2 cm³/mol. The van der Waals surface area contributed by atoms with Crippen LogP contribution in [0.15, 0.2) is 47.4 Å². The van der Waals surface area contributed by atoms with E-state index in [1.807, 2.05) is 25.2 Å². The van der Waals surface area contributed by atoms with Crippen molar-refractivity contribution in [3.8, 4) is 0 Å². The number of hydrogen-bond acceptors (Lipinski definition) is 2. The molecule has 1 unspecified atom stereocenters. The highest BCUT2D eigenvalue weighted by Crippen LogP contribution is 2.27. The summed E-state index contributed by atoms with van der Waals surface area (Å²) in [6.07, 6.45) is 2.89. The van der Waals surface area contributed by atoms with E-state index in [0.717, 1.165) is 22.0 Å². The molecule has 0 fully saturated rings. The summed E-state index contributed by atoms with van der Waals surface area (Å²) in [6.45, 7) is 0. The topological polar surface area (TPSA) is 12.0 Å². The van der Waals surface area contributed by atoms with Crippen molar-refractivity contribution in [3.05, 3.63) is 63.6 Å². The molecule has 20 heavy (non-hydrogen) atoms. The SMILES string of the molecule is CNC(Cc1cc(Cl)ccc1Cl)c1ccc(SC)cc1. The molecule has 0 heterocycles. The highest BCUT2D eigenvalue weighted by atomic mass is 35.5. The third kappa shape index (κ3) is 3.92. The van der Waals surface area contributed by atoms with Crippen LogP contribution in [0.5, 0.6) is 0 Å². The van der Waals surface area contributed by atoms with Gasteiger partial charge in [0.1, 0.15) is 0 Å². The second kappa shape index (κ2) is 7.37. The number of thioether (sulfide) groups is 1. The summed E-state index contributed by atoms with van der Waals surface area (Å²) in [4.78, 5) is 1.27. The van der Waals surface area contributed by atoms with Gasteiger partial charge in [0.15, 0.2) is 0 Å². The highest BCUT2D eigenvalue weighted by molar-refractivity contribution is 7.98. The first kappa shape index (κ1) is 15.7. The van der Waals surface area contributed by atoms with Crippen molar-refractivity contribution in [1.82, 2.24) is 5.32 Å². The van der Waals surface area contributed by atoms with Crippen LogP contribution in [0.25, 0.3) is 0 Å². The van der Waals surface area contributed by atoms with E-state index in [9.17, 15) is 0 Å². The molecule has 0 radical (unpaired) electrons. The van der Waals surface area contributed by atoms with Gasteiger partial charge >= 0.3 is 0 Å². The first-order valence-corrected chi connectivity index (χ1v) is 8.37. The van der Waals surface area contributed by atoms with Crippen LogP contribution in [0.4, 0.5) is 0 Å². The molecule has 0 saturated carbocycles. The minimum Gasteiger partial charge on any atom is -0.313 e. The molecule has 1 N–H and O–H groups in total. The average molecular weight is 326 g/mol. The number of nitrogens with one attached hydrogen (secondary N) is 1. The summed E-state index contributed by atoms with van der Waals surface area (Å²) >= 11 is 14.0. The maximum Gasteiger partial charge on any atom is 0.0439 e. The van der Waals surface area contributed by atoms with Crippen molar-refractivity contribution in [2.45, 2.75) is 17.4 Å². The summed E-state index contributed by atoms with van der Waals surface area (Å²) in [5, 5.41) is 4.82. The van der Waals surface area contributed by atoms with Crippen molar-refractivity contribution in [3.63, 3.8) is 0 Å². The predicted octanol–water partition coefficient (Wildman–Crippen LogP) is 5.22. The molecule has 0 amide bonds. The van der Waals surface area contributed by atoms with E-state index in [2.05, 4.69) is 35.8 Å². The van der Waals surface area contributed by atoms with E-state index in [-0.39, 0.29) is 6.04 Å². The molecule has 0 spiro atoms. The number of rotatable bonds is 5. The van der Waals surface area contributed by atoms with Crippen molar-refractivity contribution in [2.24, 2.45) is 0 Å². The van der Waals surface area contributed by atoms with Crippen molar-refractivity contribution in [2.75, 3.05) is 13.3 Å². The zero-order chi connectivity index (χ0) is 14.5. The van der Waals surface area contributed by atoms with Crippen LogP contribution >= 0.6 is 35.0 Å².